The molecular formula is C25H27IN2O4S. The summed E-state index contributed by atoms with van der Waals surface area (Å²) >= 11 is 3.89. The largest absolute Gasteiger partial charge is 0.447 e. The average molecular weight is 578 g/mol. The van der Waals surface area contributed by atoms with E-state index in [0.29, 0.717) is 12.0 Å². The number of carbonyl (C=O) groups excluding carboxylic acids is 2. The molecule has 0 N–H and O–H groups in total. The zero-order valence-corrected chi connectivity index (χ0v) is 22.3. The molecule has 4 rings (SSSR count). The summed E-state index contributed by atoms with van der Waals surface area (Å²) in [6, 6.07) is 11.5. The maximum Gasteiger partial charge on any atom is 0.417 e. The molecule has 0 aliphatic carbocycles. The average Bonchev–Trinajstić information content (AvgIpc) is 3.28. The fraction of sp³-hybridized carbons (Fsp3) is 0.400. The number of rotatable bonds is 5. The number of halogens is 1. The van der Waals surface area contributed by atoms with Gasteiger partial charge in [-0.05, 0) is 75.3 Å². The van der Waals surface area contributed by atoms with Crippen LogP contribution in [0.3, 0.4) is 0 Å². The van der Waals surface area contributed by atoms with Crippen molar-refractivity contribution in [2.75, 3.05) is 6.61 Å². The number of hydrogen-bond acceptors (Lipinski definition) is 6. The molecule has 2 aromatic heterocycles. The van der Waals surface area contributed by atoms with Gasteiger partial charge in [0, 0.05) is 25.1 Å². The van der Waals surface area contributed by atoms with E-state index in [4.69, 9.17) is 14.5 Å². The quantitative estimate of drug-likeness (QED) is 0.350. The lowest BCUT2D eigenvalue weighted by molar-refractivity contribution is -0.152. The second kappa shape index (κ2) is 9.31. The van der Waals surface area contributed by atoms with Crippen molar-refractivity contribution in [2.45, 2.75) is 58.8 Å². The maximum atomic E-state index is 14.0. The molecule has 1 aliphatic heterocycles. The summed E-state index contributed by atoms with van der Waals surface area (Å²) in [5.74, 6) is -0.414. The maximum absolute atomic E-state index is 14.0. The minimum atomic E-state index is -0.974. The minimum absolute atomic E-state index is 0.165. The molecule has 1 saturated heterocycles. The number of benzene rings is 1. The molecule has 33 heavy (non-hydrogen) atoms. The highest BCUT2D eigenvalue weighted by molar-refractivity contribution is 14.1. The molecule has 1 aromatic carbocycles. The third-order valence-electron chi connectivity index (χ3n) is 5.44. The van der Waals surface area contributed by atoms with Crippen LogP contribution in [0.5, 0.6) is 0 Å². The van der Waals surface area contributed by atoms with Gasteiger partial charge in [-0.15, -0.1) is 11.3 Å². The number of aromatic nitrogens is 1. The van der Waals surface area contributed by atoms with Crippen LogP contribution in [0.25, 0.3) is 10.2 Å². The summed E-state index contributed by atoms with van der Waals surface area (Å²) in [4.78, 5) is 34.8. The molecule has 0 spiro atoms. The van der Waals surface area contributed by atoms with E-state index in [1.165, 1.54) is 4.90 Å². The van der Waals surface area contributed by atoms with Crippen molar-refractivity contribution in [2.24, 2.45) is 0 Å². The SMILES string of the molecule is Cc1cc2c(I)c([C@H](OC(C)(C)C)C(=O)N3C(=O)OC[C@H]3Cc3ccccc3)c(C)nc2s1. The van der Waals surface area contributed by atoms with Crippen molar-refractivity contribution in [3.63, 3.8) is 0 Å². The molecular weight excluding hydrogens is 551 g/mol. The van der Waals surface area contributed by atoms with Gasteiger partial charge >= 0.3 is 6.09 Å². The van der Waals surface area contributed by atoms with Crippen molar-refractivity contribution < 1.29 is 19.1 Å². The first-order chi connectivity index (χ1) is 15.5. The van der Waals surface area contributed by atoms with Gasteiger partial charge in [-0.3, -0.25) is 4.79 Å². The van der Waals surface area contributed by atoms with Crippen molar-refractivity contribution in [3.8, 4) is 0 Å². The van der Waals surface area contributed by atoms with Crippen LogP contribution in [0, 0.1) is 17.4 Å². The standard InChI is InChI=1S/C25H27IN2O4S/c1-14-11-18-20(26)19(15(2)27-22(18)33-14)21(32-25(3,4)5)23(29)28-17(13-31-24(28)30)12-16-9-7-6-8-10-16/h6-11,17,21H,12-13H2,1-5H3/t17-,21+/m1/s1. The Kier molecular flexibility index (Phi) is 6.80. The number of aryl methyl sites for hydroxylation is 2. The Labute approximate surface area is 211 Å². The van der Waals surface area contributed by atoms with E-state index >= 15 is 0 Å². The number of cyclic esters (lactones) is 1. The predicted molar refractivity (Wildman–Crippen MR) is 138 cm³/mol. The van der Waals surface area contributed by atoms with Crippen LogP contribution in [-0.4, -0.2) is 40.1 Å². The normalized spacial score (nSPS) is 17.5. The molecule has 3 aromatic rings. The van der Waals surface area contributed by atoms with Crippen molar-refractivity contribution in [1.82, 2.24) is 9.88 Å². The molecule has 0 radical (unpaired) electrons. The van der Waals surface area contributed by atoms with Gasteiger partial charge in [0.1, 0.15) is 11.4 Å². The molecule has 3 heterocycles. The van der Waals surface area contributed by atoms with Crippen molar-refractivity contribution in [3.05, 3.63) is 61.7 Å². The summed E-state index contributed by atoms with van der Waals surface area (Å²) in [5, 5.41) is 0.999. The summed E-state index contributed by atoms with van der Waals surface area (Å²) in [6.07, 6.45) is -1.08. The second-order valence-electron chi connectivity index (χ2n) is 9.24. The van der Waals surface area contributed by atoms with Crippen LogP contribution in [0.4, 0.5) is 4.79 Å². The first-order valence-corrected chi connectivity index (χ1v) is 12.7. The Bertz CT molecular complexity index is 1200. The number of amides is 2. The third kappa shape index (κ3) is 5.07. The first kappa shape index (κ1) is 24.1. The molecule has 0 bridgehead atoms. The Morgan fingerprint density at radius 3 is 2.67 bits per heavy atom. The Hall–Kier alpha value is -2.04. The van der Waals surface area contributed by atoms with E-state index in [0.717, 1.165) is 29.9 Å². The molecule has 2 atom stereocenters. The Morgan fingerprint density at radius 1 is 1.30 bits per heavy atom. The van der Waals surface area contributed by atoms with Crippen LogP contribution in [0.2, 0.25) is 0 Å². The summed E-state index contributed by atoms with van der Waals surface area (Å²) in [7, 11) is 0. The van der Waals surface area contributed by atoms with E-state index in [9.17, 15) is 9.59 Å². The smallest absolute Gasteiger partial charge is 0.417 e. The van der Waals surface area contributed by atoms with Crippen molar-refractivity contribution >= 4 is 56.1 Å². The number of ether oxygens (including phenoxy) is 2. The van der Waals surface area contributed by atoms with E-state index < -0.39 is 29.7 Å². The van der Waals surface area contributed by atoms with Crippen molar-refractivity contribution in [1.29, 1.82) is 0 Å². The lowest BCUT2D eigenvalue weighted by Gasteiger charge is -2.31. The van der Waals surface area contributed by atoms with E-state index in [-0.39, 0.29) is 6.61 Å². The number of hydrogen-bond donors (Lipinski definition) is 0. The first-order valence-electron chi connectivity index (χ1n) is 10.8. The van der Waals surface area contributed by atoms with Crippen LogP contribution in [0.15, 0.2) is 36.4 Å². The van der Waals surface area contributed by atoms with Crippen LogP contribution in [-0.2, 0) is 20.7 Å². The number of nitrogens with zero attached hydrogens (tertiary/aromatic N) is 2. The fourth-order valence-corrected chi connectivity index (χ4v) is 6.25. The van der Waals surface area contributed by atoms with Gasteiger partial charge in [0.25, 0.3) is 5.91 Å². The topological polar surface area (TPSA) is 68.7 Å². The Morgan fingerprint density at radius 2 is 2.00 bits per heavy atom. The predicted octanol–water partition coefficient (Wildman–Crippen LogP) is 5.96. The van der Waals surface area contributed by atoms with Gasteiger partial charge in [-0.25, -0.2) is 14.7 Å². The molecule has 0 unspecified atom stereocenters. The van der Waals surface area contributed by atoms with E-state index in [2.05, 4.69) is 28.7 Å². The molecule has 6 nitrogen and oxygen atoms in total. The highest BCUT2D eigenvalue weighted by Crippen LogP contribution is 2.38. The fourth-order valence-electron chi connectivity index (χ4n) is 4.04. The van der Waals surface area contributed by atoms with Gasteiger partial charge in [0.05, 0.1) is 11.6 Å². The summed E-state index contributed by atoms with van der Waals surface area (Å²) in [6.45, 7) is 9.81. The molecule has 8 heteroatoms. The van der Waals surface area contributed by atoms with Gasteiger partial charge in [0.2, 0.25) is 0 Å². The highest BCUT2D eigenvalue weighted by Gasteiger charge is 2.44. The molecule has 174 valence electrons. The highest BCUT2D eigenvalue weighted by atomic mass is 127. The minimum Gasteiger partial charge on any atom is -0.447 e. The van der Waals surface area contributed by atoms with Crippen LogP contribution >= 0.6 is 33.9 Å². The number of thiophene rings is 1. The monoisotopic (exact) mass is 578 g/mol. The zero-order chi connectivity index (χ0) is 23.9. The zero-order valence-electron chi connectivity index (χ0n) is 19.3. The number of pyridine rings is 1. The van der Waals surface area contributed by atoms with Crippen LogP contribution in [0.1, 0.15) is 48.6 Å². The van der Waals surface area contributed by atoms with Crippen LogP contribution < -0.4 is 0 Å². The van der Waals surface area contributed by atoms with E-state index in [1.807, 2.05) is 65.0 Å². The lowest BCUT2D eigenvalue weighted by Crippen LogP contribution is -2.45. The van der Waals surface area contributed by atoms with Gasteiger partial charge < -0.3 is 9.47 Å². The number of imide groups is 1. The van der Waals surface area contributed by atoms with Gasteiger partial charge in [-0.2, -0.15) is 0 Å². The summed E-state index contributed by atoms with van der Waals surface area (Å²) < 4.78 is 12.6. The molecule has 1 aliphatic rings. The van der Waals surface area contributed by atoms with Gasteiger partial charge in [-0.1, -0.05) is 30.3 Å². The van der Waals surface area contributed by atoms with E-state index in [1.54, 1.807) is 11.3 Å². The molecule has 0 saturated carbocycles. The number of carbonyl (C=O) groups is 2. The van der Waals surface area contributed by atoms with Gasteiger partial charge in [0.15, 0.2) is 6.10 Å². The second-order valence-corrected chi connectivity index (χ2v) is 11.6. The number of fused-ring (bicyclic) bond motifs is 1. The molecule has 1 fully saturated rings. The molecule has 2 amide bonds. The Balaban J connectivity index is 1.76. The summed E-state index contributed by atoms with van der Waals surface area (Å²) in [5.41, 5.74) is 1.85. The third-order valence-corrected chi connectivity index (χ3v) is 7.54. The lowest BCUT2D eigenvalue weighted by atomic mass is 10.0.